The van der Waals surface area contributed by atoms with Gasteiger partial charge in [-0.1, -0.05) is 11.6 Å². The van der Waals surface area contributed by atoms with Crippen LogP contribution < -0.4 is 10.1 Å². The van der Waals surface area contributed by atoms with Gasteiger partial charge in [-0.05, 0) is 49.2 Å². The Morgan fingerprint density at radius 3 is 2.36 bits per heavy atom. The first-order valence-electron chi connectivity index (χ1n) is 7.48. The van der Waals surface area contributed by atoms with Crippen LogP contribution in [0.2, 0.25) is 5.02 Å². The van der Waals surface area contributed by atoms with Crippen LogP contribution in [0.25, 0.3) is 0 Å². The number of esters is 1. The summed E-state index contributed by atoms with van der Waals surface area (Å²) in [5.41, 5.74) is 1.27. The van der Waals surface area contributed by atoms with Crippen molar-refractivity contribution in [1.82, 2.24) is 5.32 Å². The molecule has 0 aliphatic heterocycles. The van der Waals surface area contributed by atoms with Crippen molar-refractivity contribution in [3.63, 3.8) is 0 Å². The molecule has 2 aromatic rings. The zero-order valence-electron chi connectivity index (χ0n) is 13.7. The molecule has 1 amide bonds. The van der Waals surface area contributed by atoms with E-state index < -0.39 is 23.5 Å². The third-order valence-electron chi connectivity index (χ3n) is 3.43. The van der Waals surface area contributed by atoms with Crippen LogP contribution in [0.1, 0.15) is 27.9 Å². The minimum Gasteiger partial charge on any atom is -0.426 e. The topological polar surface area (TPSA) is 55.4 Å². The Bertz CT molecular complexity index is 801. The van der Waals surface area contributed by atoms with E-state index in [1.165, 1.54) is 0 Å². The van der Waals surface area contributed by atoms with Gasteiger partial charge in [0.15, 0.2) is 0 Å². The first-order chi connectivity index (χ1) is 11.8. The van der Waals surface area contributed by atoms with Crippen molar-refractivity contribution in [3.8, 4) is 5.75 Å². The molecule has 0 heterocycles. The maximum absolute atomic E-state index is 13.5. The fourth-order valence-electron chi connectivity index (χ4n) is 2.19. The highest BCUT2D eigenvalue weighted by Gasteiger charge is 2.13. The number of carbonyl (C=O) groups excluding carboxylic acids is 2. The number of rotatable bonds is 5. The van der Waals surface area contributed by atoms with Gasteiger partial charge in [-0.25, -0.2) is 8.78 Å². The van der Waals surface area contributed by atoms with Gasteiger partial charge in [-0.3, -0.25) is 9.59 Å². The number of benzene rings is 2. The average molecular weight is 368 g/mol. The molecule has 4 nitrogen and oxygen atoms in total. The summed E-state index contributed by atoms with van der Waals surface area (Å²) >= 11 is 6.04. The normalized spacial score (nSPS) is 10.4. The Balaban J connectivity index is 1.87. The summed E-state index contributed by atoms with van der Waals surface area (Å²) in [6.07, 6.45) is -0.102. The lowest BCUT2D eigenvalue weighted by molar-refractivity contribution is -0.134. The third-order valence-corrected chi connectivity index (χ3v) is 4.03. The van der Waals surface area contributed by atoms with Crippen molar-refractivity contribution in [2.75, 3.05) is 6.54 Å². The summed E-state index contributed by atoms with van der Waals surface area (Å²) in [6, 6.07) is 5.92. The quantitative estimate of drug-likeness (QED) is 0.643. The number of halogens is 3. The molecular weight excluding hydrogens is 352 g/mol. The van der Waals surface area contributed by atoms with E-state index in [1.54, 1.807) is 26.0 Å². The molecular formula is C18H16ClF2NO3. The zero-order chi connectivity index (χ0) is 18.6. The predicted octanol–water partition coefficient (Wildman–Crippen LogP) is 3.96. The zero-order valence-corrected chi connectivity index (χ0v) is 14.4. The fourth-order valence-corrected chi connectivity index (χ4v) is 2.30. The summed E-state index contributed by atoms with van der Waals surface area (Å²) in [4.78, 5) is 23.6. The van der Waals surface area contributed by atoms with Crippen molar-refractivity contribution >= 4 is 23.5 Å². The molecule has 132 valence electrons. The molecule has 0 unspecified atom stereocenters. The van der Waals surface area contributed by atoms with Gasteiger partial charge in [-0.15, -0.1) is 0 Å². The molecule has 0 aliphatic carbocycles. The smallest absolute Gasteiger partial charge is 0.312 e. The van der Waals surface area contributed by atoms with Gasteiger partial charge in [-0.2, -0.15) is 0 Å². The van der Waals surface area contributed by atoms with E-state index in [-0.39, 0.29) is 18.5 Å². The van der Waals surface area contributed by atoms with Crippen LogP contribution in [0, 0.1) is 25.5 Å². The molecule has 0 saturated carbocycles. The van der Waals surface area contributed by atoms with Gasteiger partial charge < -0.3 is 10.1 Å². The first-order valence-corrected chi connectivity index (χ1v) is 7.86. The van der Waals surface area contributed by atoms with Crippen LogP contribution in [0.3, 0.4) is 0 Å². The van der Waals surface area contributed by atoms with Gasteiger partial charge in [0.25, 0.3) is 5.91 Å². The highest BCUT2D eigenvalue weighted by Crippen LogP contribution is 2.26. The Morgan fingerprint density at radius 1 is 1.12 bits per heavy atom. The number of ether oxygens (including phenoxy) is 1. The summed E-state index contributed by atoms with van der Waals surface area (Å²) in [5.74, 6) is -2.66. The lowest BCUT2D eigenvalue weighted by Gasteiger charge is -2.09. The van der Waals surface area contributed by atoms with Gasteiger partial charge in [0, 0.05) is 17.6 Å². The second-order valence-electron chi connectivity index (χ2n) is 5.48. The maximum atomic E-state index is 13.5. The SMILES string of the molecule is Cc1cc(OC(=O)CCNC(=O)c2ccc(F)cc2F)cc(C)c1Cl. The highest BCUT2D eigenvalue weighted by molar-refractivity contribution is 6.32. The summed E-state index contributed by atoms with van der Waals surface area (Å²) in [7, 11) is 0. The second kappa shape index (κ2) is 8.07. The molecule has 0 atom stereocenters. The van der Waals surface area contributed by atoms with Crippen molar-refractivity contribution in [2.45, 2.75) is 20.3 Å². The molecule has 0 fully saturated rings. The van der Waals surface area contributed by atoms with Crippen molar-refractivity contribution in [3.05, 3.63) is 63.7 Å². The van der Waals surface area contributed by atoms with E-state index in [0.717, 1.165) is 23.3 Å². The van der Waals surface area contributed by atoms with Crippen molar-refractivity contribution < 1.29 is 23.1 Å². The molecule has 0 aliphatic rings. The lowest BCUT2D eigenvalue weighted by atomic mass is 10.1. The van der Waals surface area contributed by atoms with E-state index >= 15 is 0 Å². The minimum atomic E-state index is -0.966. The van der Waals surface area contributed by atoms with Crippen LogP contribution in [-0.4, -0.2) is 18.4 Å². The van der Waals surface area contributed by atoms with E-state index in [4.69, 9.17) is 16.3 Å². The third kappa shape index (κ3) is 5.00. The molecule has 2 aromatic carbocycles. The summed E-state index contributed by atoms with van der Waals surface area (Å²) < 4.78 is 31.5. The van der Waals surface area contributed by atoms with Gasteiger partial charge in [0.05, 0.1) is 12.0 Å². The first kappa shape index (κ1) is 18.9. The lowest BCUT2D eigenvalue weighted by Crippen LogP contribution is -2.27. The van der Waals surface area contributed by atoms with Crippen LogP contribution in [0.15, 0.2) is 30.3 Å². The van der Waals surface area contributed by atoms with Crippen LogP contribution in [-0.2, 0) is 4.79 Å². The van der Waals surface area contributed by atoms with Gasteiger partial charge in [0.1, 0.15) is 17.4 Å². The molecule has 0 bridgehead atoms. The minimum absolute atomic E-state index is 0.0416. The highest BCUT2D eigenvalue weighted by atomic mass is 35.5. The average Bonchev–Trinajstić information content (AvgIpc) is 2.52. The fraction of sp³-hybridized carbons (Fsp3) is 0.222. The molecule has 7 heteroatoms. The second-order valence-corrected chi connectivity index (χ2v) is 5.85. The van der Waals surface area contributed by atoms with Crippen molar-refractivity contribution in [1.29, 1.82) is 0 Å². The molecule has 0 radical (unpaired) electrons. The Hall–Kier alpha value is -2.47. The predicted molar refractivity (Wildman–Crippen MR) is 89.9 cm³/mol. The van der Waals surface area contributed by atoms with E-state index in [0.29, 0.717) is 16.8 Å². The molecule has 25 heavy (non-hydrogen) atoms. The Labute approximate surface area is 148 Å². The van der Waals surface area contributed by atoms with E-state index in [9.17, 15) is 18.4 Å². The maximum Gasteiger partial charge on any atom is 0.312 e. The Kier molecular flexibility index (Phi) is 6.09. The number of hydrogen-bond acceptors (Lipinski definition) is 3. The van der Waals surface area contributed by atoms with E-state index in [2.05, 4.69) is 5.32 Å². The standard InChI is InChI=1S/C18H16ClF2NO3/c1-10-7-13(8-11(2)17(10)19)25-16(23)5-6-22-18(24)14-4-3-12(20)9-15(14)21/h3-4,7-9H,5-6H2,1-2H3,(H,22,24). The van der Waals surface area contributed by atoms with Crippen molar-refractivity contribution in [2.24, 2.45) is 0 Å². The number of amides is 1. The van der Waals surface area contributed by atoms with E-state index in [1.807, 2.05) is 0 Å². The number of nitrogens with one attached hydrogen (secondary N) is 1. The molecule has 1 N–H and O–H groups in total. The number of carbonyl (C=O) groups is 2. The summed E-state index contributed by atoms with van der Waals surface area (Å²) in [5, 5.41) is 2.99. The molecule has 2 rings (SSSR count). The number of aryl methyl sites for hydroxylation is 2. The largest absolute Gasteiger partial charge is 0.426 e. The molecule has 0 spiro atoms. The van der Waals surface area contributed by atoms with Gasteiger partial charge >= 0.3 is 5.97 Å². The van der Waals surface area contributed by atoms with Crippen LogP contribution >= 0.6 is 11.6 Å². The monoisotopic (exact) mass is 367 g/mol. The summed E-state index contributed by atoms with van der Waals surface area (Å²) in [6.45, 7) is 3.55. The Morgan fingerprint density at radius 2 is 1.76 bits per heavy atom. The van der Waals surface area contributed by atoms with Crippen LogP contribution in [0.5, 0.6) is 5.75 Å². The number of hydrogen-bond donors (Lipinski definition) is 1. The molecule has 0 aromatic heterocycles. The van der Waals surface area contributed by atoms with Crippen LogP contribution in [0.4, 0.5) is 8.78 Å². The van der Waals surface area contributed by atoms with Gasteiger partial charge in [0.2, 0.25) is 0 Å². The molecule has 0 saturated heterocycles.